The summed E-state index contributed by atoms with van der Waals surface area (Å²) in [5, 5.41) is 2.79. The molecule has 2 aromatic carbocycles. The number of rotatable bonds is 3. The summed E-state index contributed by atoms with van der Waals surface area (Å²) in [7, 11) is 0. The molecule has 3 aromatic rings. The standard InChI is InChI=1S/C17H17N3O/c1-3-18-17(21)13-7-5-12(6-8-13)16-19-14-9-4-11(2)10-15(14)20-16/h4-10H,3H2,1-2H3,(H,18,21)(H,19,20). The highest BCUT2D eigenvalue weighted by Crippen LogP contribution is 2.21. The maximum atomic E-state index is 11.7. The van der Waals surface area contributed by atoms with Gasteiger partial charge in [0.1, 0.15) is 5.82 Å². The van der Waals surface area contributed by atoms with E-state index in [2.05, 4.69) is 28.3 Å². The third-order valence-corrected chi connectivity index (χ3v) is 3.40. The molecule has 3 rings (SSSR count). The second-order valence-corrected chi connectivity index (χ2v) is 5.04. The van der Waals surface area contributed by atoms with E-state index >= 15 is 0 Å². The number of fused-ring (bicyclic) bond motifs is 1. The smallest absolute Gasteiger partial charge is 0.251 e. The van der Waals surface area contributed by atoms with Gasteiger partial charge in [0.05, 0.1) is 11.0 Å². The highest BCUT2D eigenvalue weighted by Gasteiger charge is 2.07. The van der Waals surface area contributed by atoms with Crippen molar-refractivity contribution in [2.24, 2.45) is 0 Å². The Bertz CT molecular complexity index is 787. The van der Waals surface area contributed by atoms with Gasteiger partial charge in [-0.2, -0.15) is 0 Å². The van der Waals surface area contributed by atoms with Crippen molar-refractivity contribution in [3.8, 4) is 11.4 Å². The van der Waals surface area contributed by atoms with Crippen LogP contribution < -0.4 is 5.32 Å². The Kier molecular flexibility index (Phi) is 3.44. The maximum Gasteiger partial charge on any atom is 0.251 e. The zero-order chi connectivity index (χ0) is 14.8. The SMILES string of the molecule is CCNC(=O)c1ccc(-c2nc3ccc(C)cc3[nH]2)cc1. The van der Waals surface area contributed by atoms with Crippen molar-refractivity contribution in [3.05, 3.63) is 53.6 Å². The van der Waals surface area contributed by atoms with Gasteiger partial charge in [-0.3, -0.25) is 4.79 Å². The van der Waals surface area contributed by atoms with Crippen LogP contribution in [0.3, 0.4) is 0 Å². The van der Waals surface area contributed by atoms with Crippen LogP contribution in [0.1, 0.15) is 22.8 Å². The number of nitrogens with one attached hydrogen (secondary N) is 2. The van der Waals surface area contributed by atoms with Crippen molar-refractivity contribution in [1.82, 2.24) is 15.3 Å². The minimum Gasteiger partial charge on any atom is -0.352 e. The first-order valence-electron chi connectivity index (χ1n) is 7.02. The van der Waals surface area contributed by atoms with Crippen LogP contribution in [-0.4, -0.2) is 22.4 Å². The van der Waals surface area contributed by atoms with E-state index in [1.165, 1.54) is 5.56 Å². The molecule has 0 fully saturated rings. The van der Waals surface area contributed by atoms with Crippen LogP contribution in [0.25, 0.3) is 22.4 Å². The summed E-state index contributed by atoms with van der Waals surface area (Å²) in [6.07, 6.45) is 0. The average molecular weight is 279 g/mol. The highest BCUT2D eigenvalue weighted by molar-refractivity contribution is 5.94. The van der Waals surface area contributed by atoms with Gasteiger partial charge in [0, 0.05) is 17.7 Å². The van der Waals surface area contributed by atoms with E-state index in [1.807, 2.05) is 43.3 Å². The van der Waals surface area contributed by atoms with Crippen molar-refractivity contribution < 1.29 is 4.79 Å². The van der Waals surface area contributed by atoms with Gasteiger partial charge in [0.15, 0.2) is 0 Å². The molecule has 0 radical (unpaired) electrons. The molecule has 0 saturated carbocycles. The molecule has 0 atom stereocenters. The van der Waals surface area contributed by atoms with Gasteiger partial charge in [-0.1, -0.05) is 18.2 Å². The third-order valence-electron chi connectivity index (χ3n) is 3.40. The summed E-state index contributed by atoms with van der Waals surface area (Å²) < 4.78 is 0. The molecule has 0 saturated heterocycles. The summed E-state index contributed by atoms with van der Waals surface area (Å²) in [5.41, 5.74) is 4.80. The van der Waals surface area contributed by atoms with Crippen LogP contribution in [0.5, 0.6) is 0 Å². The van der Waals surface area contributed by atoms with Crippen LogP contribution in [0, 0.1) is 6.92 Å². The van der Waals surface area contributed by atoms with Crippen molar-refractivity contribution in [2.75, 3.05) is 6.54 Å². The summed E-state index contributed by atoms with van der Waals surface area (Å²) in [5.74, 6) is 0.766. The van der Waals surface area contributed by atoms with Gasteiger partial charge in [0.2, 0.25) is 0 Å². The molecule has 0 aliphatic carbocycles. The van der Waals surface area contributed by atoms with Crippen molar-refractivity contribution >= 4 is 16.9 Å². The van der Waals surface area contributed by atoms with Gasteiger partial charge in [0.25, 0.3) is 5.91 Å². The number of aromatic amines is 1. The van der Waals surface area contributed by atoms with E-state index in [1.54, 1.807) is 0 Å². The van der Waals surface area contributed by atoms with E-state index in [0.717, 1.165) is 22.4 Å². The molecule has 0 aliphatic heterocycles. The number of benzene rings is 2. The van der Waals surface area contributed by atoms with E-state index in [4.69, 9.17) is 0 Å². The number of carbonyl (C=O) groups is 1. The summed E-state index contributed by atoms with van der Waals surface area (Å²) >= 11 is 0. The molecule has 0 unspecified atom stereocenters. The van der Waals surface area contributed by atoms with Crippen molar-refractivity contribution in [1.29, 1.82) is 0 Å². The molecular weight excluding hydrogens is 262 g/mol. The predicted octanol–water partition coefficient (Wildman–Crippen LogP) is 3.29. The Morgan fingerprint density at radius 2 is 1.95 bits per heavy atom. The molecule has 4 nitrogen and oxygen atoms in total. The zero-order valence-corrected chi connectivity index (χ0v) is 12.1. The Labute approximate surface area is 123 Å². The van der Waals surface area contributed by atoms with Gasteiger partial charge in [-0.25, -0.2) is 4.98 Å². The second-order valence-electron chi connectivity index (χ2n) is 5.04. The zero-order valence-electron chi connectivity index (χ0n) is 12.1. The summed E-state index contributed by atoms with van der Waals surface area (Å²) in [4.78, 5) is 19.6. The molecule has 1 aromatic heterocycles. The van der Waals surface area contributed by atoms with Crippen LogP contribution in [-0.2, 0) is 0 Å². The molecule has 0 bridgehead atoms. The quantitative estimate of drug-likeness (QED) is 0.773. The van der Waals surface area contributed by atoms with Crippen LogP contribution in [0.15, 0.2) is 42.5 Å². The number of nitrogens with zero attached hydrogens (tertiary/aromatic N) is 1. The molecule has 0 aliphatic rings. The van der Waals surface area contributed by atoms with E-state index in [9.17, 15) is 4.79 Å². The van der Waals surface area contributed by atoms with Crippen LogP contribution in [0.2, 0.25) is 0 Å². The number of hydrogen-bond donors (Lipinski definition) is 2. The first-order valence-corrected chi connectivity index (χ1v) is 7.02. The topological polar surface area (TPSA) is 57.8 Å². The fourth-order valence-corrected chi connectivity index (χ4v) is 2.30. The molecule has 106 valence electrons. The summed E-state index contributed by atoms with van der Waals surface area (Å²) in [6.45, 7) is 4.59. The number of hydrogen-bond acceptors (Lipinski definition) is 2. The fourth-order valence-electron chi connectivity index (χ4n) is 2.30. The molecule has 0 spiro atoms. The maximum absolute atomic E-state index is 11.7. The monoisotopic (exact) mass is 279 g/mol. The summed E-state index contributed by atoms with van der Waals surface area (Å²) in [6, 6.07) is 13.6. The Hall–Kier alpha value is -2.62. The first-order chi connectivity index (χ1) is 10.2. The lowest BCUT2D eigenvalue weighted by Gasteiger charge is -2.02. The van der Waals surface area contributed by atoms with Gasteiger partial charge in [-0.15, -0.1) is 0 Å². The Balaban J connectivity index is 1.93. The molecule has 2 N–H and O–H groups in total. The molecular formula is C17H17N3O. The first kappa shape index (κ1) is 13.4. The average Bonchev–Trinajstić information content (AvgIpc) is 2.90. The lowest BCUT2D eigenvalue weighted by molar-refractivity contribution is 0.0956. The van der Waals surface area contributed by atoms with Gasteiger partial charge < -0.3 is 10.3 Å². The predicted molar refractivity (Wildman–Crippen MR) is 84.3 cm³/mol. The second kappa shape index (κ2) is 5.40. The highest BCUT2D eigenvalue weighted by atomic mass is 16.1. The van der Waals surface area contributed by atoms with Crippen LogP contribution >= 0.6 is 0 Å². The number of aromatic nitrogens is 2. The number of H-pyrrole nitrogens is 1. The van der Waals surface area contributed by atoms with Crippen molar-refractivity contribution in [3.63, 3.8) is 0 Å². The van der Waals surface area contributed by atoms with E-state index < -0.39 is 0 Å². The van der Waals surface area contributed by atoms with Crippen molar-refractivity contribution in [2.45, 2.75) is 13.8 Å². The molecule has 1 amide bonds. The Morgan fingerprint density at radius 3 is 2.67 bits per heavy atom. The lowest BCUT2D eigenvalue weighted by Crippen LogP contribution is -2.22. The normalized spacial score (nSPS) is 10.8. The minimum atomic E-state index is -0.0516. The fraction of sp³-hybridized carbons (Fsp3) is 0.176. The van der Waals surface area contributed by atoms with E-state index in [-0.39, 0.29) is 5.91 Å². The molecule has 1 heterocycles. The lowest BCUT2D eigenvalue weighted by atomic mass is 10.1. The van der Waals surface area contributed by atoms with Gasteiger partial charge in [-0.05, 0) is 43.7 Å². The Morgan fingerprint density at radius 1 is 1.19 bits per heavy atom. The van der Waals surface area contributed by atoms with E-state index in [0.29, 0.717) is 12.1 Å². The van der Waals surface area contributed by atoms with Gasteiger partial charge >= 0.3 is 0 Å². The minimum absolute atomic E-state index is 0.0516. The number of amides is 1. The third kappa shape index (κ3) is 2.65. The molecule has 4 heteroatoms. The number of imidazole rings is 1. The largest absolute Gasteiger partial charge is 0.352 e. The number of carbonyl (C=O) groups excluding carboxylic acids is 1. The molecule has 21 heavy (non-hydrogen) atoms. The number of aryl methyl sites for hydroxylation is 1. The van der Waals surface area contributed by atoms with Crippen LogP contribution in [0.4, 0.5) is 0 Å².